The lowest BCUT2D eigenvalue weighted by atomic mass is 10.2. The van der Waals surface area contributed by atoms with Crippen LogP contribution in [0, 0.1) is 0 Å². The monoisotopic (exact) mass is 389 g/mol. The molecule has 0 aliphatic heterocycles. The zero-order chi connectivity index (χ0) is 19.0. The van der Waals surface area contributed by atoms with Crippen LogP contribution in [0.5, 0.6) is 0 Å². The number of para-hydroxylation sites is 1. The lowest BCUT2D eigenvalue weighted by Gasteiger charge is -2.09. The lowest BCUT2D eigenvalue weighted by molar-refractivity contribution is -0.141. The second-order valence-electron chi connectivity index (χ2n) is 5.92. The van der Waals surface area contributed by atoms with E-state index in [4.69, 9.17) is 0 Å². The molecule has 1 aromatic carbocycles. The number of pyridine rings is 1. The summed E-state index contributed by atoms with van der Waals surface area (Å²) < 4.78 is 43.3. The van der Waals surface area contributed by atoms with Crippen LogP contribution in [-0.2, 0) is 13.2 Å². The van der Waals surface area contributed by atoms with Crippen LogP contribution >= 0.6 is 11.9 Å². The molecule has 9 heteroatoms. The van der Waals surface area contributed by atoms with Crippen molar-refractivity contribution in [2.24, 2.45) is 7.05 Å². The van der Waals surface area contributed by atoms with Crippen molar-refractivity contribution >= 4 is 28.5 Å². The van der Waals surface area contributed by atoms with Gasteiger partial charge in [-0.3, -0.25) is 10.1 Å². The Morgan fingerprint density at radius 1 is 1.11 bits per heavy atom. The molecule has 4 rings (SSSR count). The number of H-pyrrole nitrogens is 1. The summed E-state index contributed by atoms with van der Waals surface area (Å²) in [7, 11) is 1.98. The third-order valence-electron chi connectivity index (χ3n) is 4.06. The molecule has 3 heterocycles. The first kappa shape index (κ1) is 17.5. The van der Waals surface area contributed by atoms with Gasteiger partial charge in [0.1, 0.15) is 11.4 Å². The molecule has 0 atom stereocenters. The molecule has 0 unspecified atom stereocenters. The van der Waals surface area contributed by atoms with Crippen molar-refractivity contribution < 1.29 is 13.2 Å². The van der Waals surface area contributed by atoms with Crippen molar-refractivity contribution in [1.29, 1.82) is 0 Å². The van der Waals surface area contributed by atoms with E-state index in [-0.39, 0.29) is 5.69 Å². The number of aromatic nitrogens is 4. The standard InChI is InChI=1S/C18H14F3N5S/c1-26-8-7-11-3-2-4-14(17(11)26)25-27-12-5-6-13(22-10-12)15-9-16(24-23-15)18(19,20)21/h2-10,25H,1H3,(H,23,24). The highest BCUT2D eigenvalue weighted by atomic mass is 32.2. The summed E-state index contributed by atoms with van der Waals surface area (Å²) in [5.74, 6) is 0. The number of hydrogen-bond acceptors (Lipinski definition) is 4. The summed E-state index contributed by atoms with van der Waals surface area (Å²) >= 11 is 1.38. The van der Waals surface area contributed by atoms with E-state index in [1.54, 1.807) is 18.3 Å². The first-order valence-corrected chi connectivity index (χ1v) is 8.79. The van der Waals surface area contributed by atoms with E-state index >= 15 is 0 Å². The predicted molar refractivity (Wildman–Crippen MR) is 99.2 cm³/mol. The van der Waals surface area contributed by atoms with Gasteiger partial charge in [-0.1, -0.05) is 12.1 Å². The van der Waals surface area contributed by atoms with E-state index in [2.05, 4.69) is 14.8 Å². The molecule has 138 valence electrons. The second kappa shape index (κ2) is 6.66. The molecule has 27 heavy (non-hydrogen) atoms. The van der Waals surface area contributed by atoms with Gasteiger partial charge in [0, 0.05) is 29.7 Å². The Kier molecular flexibility index (Phi) is 4.31. The molecule has 0 fully saturated rings. The second-order valence-corrected chi connectivity index (χ2v) is 6.80. The van der Waals surface area contributed by atoms with Crippen LogP contribution in [0.3, 0.4) is 0 Å². The van der Waals surface area contributed by atoms with Crippen LogP contribution in [0.4, 0.5) is 18.9 Å². The minimum Gasteiger partial charge on any atom is -0.349 e. The van der Waals surface area contributed by atoms with Crippen LogP contribution in [-0.4, -0.2) is 19.7 Å². The van der Waals surface area contributed by atoms with E-state index < -0.39 is 11.9 Å². The minimum absolute atomic E-state index is 0.153. The van der Waals surface area contributed by atoms with E-state index in [0.717, 1.165) is 27.6 Å². The smallest absolute Gasteiger partial charge is 0.349 e. The Labute approximate surface area is 156 Å². The van der Waals surface area contributed by atoms with Crippen LogP contribution < -0.4 is 4.72 Å². The Morgan fingerprint density at radius 3 is 2.67 bits per heavy atom. The molecule has 0 radical (unpaired) electrons. The number of rotatable bonds is 4. The summed E-state index contributed by atoms with van der Waals surface area (Å²) in [6, 6.07) is 12.4. The fourth-order valence-electron chi connectivity index (χ4n) is 2.74. The predicted octanol–water partition coefficient (Wildman–Crippen LogP) is 5.10. The normalized spacial score (nSPS) is 11.9. The van der Waals surface area contributed by atoms with Crippen LogP contribution in [0.25, 0.3) is 22.3 Å². The van der Waals surface area contributed by atoms with Gasteiger partial charge in [0.15, 0.2) is 0 Å². The van der Waals surface area contributed by atoms with E-state index in [1.807, 2.05) is 47.2 Å². The zero-order valence-electron chi connectivity index (χ0n) is 14.1. The third-order valence-corrected chi connectivity index (χ3v) is 4.86. The molecule has 0 aliphatic rings. The molecule has 2 N–H and O–H groups in total. The quantitative estimate of drug-likeness (QED) is 0.477. The number of benzene rings is 1. The maximum absolute atomic E-state index is 12.7. The summed E-state index contributed by atoms with van der Waals surface area (Å²) in [4.78, 5) is 5.04. The lowest BCUT2D eigenvalue weighted by Crippen LogP contribution is -2.04. The molecular formula is C18H14F3N5S. The summed E-state index contributed by atoms with van der Waals surface area (Å²) in [6.45, 7) is 0. The molecule has 5 nitrogen and oxygen atoms in total. The van der Waals surface area contributed by atoms with E-state index in [1.165, 1.54) is 11.9 Å². The van der Waals surface area contributed by atoms with E-state index in [9.17, 15) is 13.2 Å². The highest BCUT2D eigenvalue weighted by Gasteiger charge is 2.33. The molecule has 3 aromatic heterocycles. The summed E-state index contributed by atoms with van der Waals surface area (Å²) in [6.07, 6.45) is -0.862. The Balaban J connectivity index is 1.49. The van der Waals surface area contributed by atoms with Crippen LogP contribution in [0.15, 0.2) is 59.8 Å². The first-order chi connectivity index (χ1) is 12.9. The molecule has 0 aliphatic carbocycles. The van der Waals surface area contributed by atoms with Gasteiger partial charge in [-0.15, -0.1) is 0 Å². The zero-order valence-corrected chi connectivity index (χ0v) is 14.9. The SMILES string of the molecule is Cn1ccc2cccc(NSc3ccc(-c4cc(C(F)(F)F)[nH]n4)nc3)c21. The van der Waals surface area contributed by atoms with E-state index in [0.29, 0.717) is 5.69 Å². The topological polar surface area (TPSA) is 58.5 Å². The van der Waals surface area contributed by atoms with Crippen molar-refractivity contribution in [3.8, 4) is 11.4 Å². The molecule has 0 amide bonds. The highest BCUT2D eigenvalue weighted by molar-refractivity contribution is 8.00. The fraction of sp³-hybridized carbons (Fsp3) is 0.111. The Hall–Kier alpha value is -2.94. The average molecular weight is 389 g/mol. The maximum Gasteiger partial charge on any atom is 0.432 e. The highest BCUT2D eigenvalue weighted by Crippen LogP contribution is 2.31. The summed E-state index contributed by atoms with van der Waals surface area (Å²) in [5.41, 5.74) is 1.69. The number of aromatic amines is 1. The third kappa shape index (κ3) is 3.50. The first-order valence-electron chi connectivity index (χ1n) is 7.98. The van der Waals surface area contributed by atoms with Crippen molar-refractivity contribution in [3.63, 3.8) is 0 Å². The van der Waals surface area contributed by atoms with Crippen molar-refractivity contribution in [2.75, 3.05) is 4.72 Å². The Morgan fingerprint density at radius 2 is 1.96 bits per heavy atom. The number of hydrogen-bond donors (Lipinski definition) is 2. The van der Waals surface area contributed by atoms with Gasteiger partial charge < -0.3 is 9.29 Å². The molecule has 0 saturated carbocycles. The van der Waals surface area contributed by atoms with Crippen molar-refractivity contribution in [3.05, 3.63) is 60.6 Å². The Bertz CT molecular complexity index is 1080. The fourth-order valence-corrected chi connectivity index (χ4v) is 3.38. The number of aryl methyl sites for hydroxylation is 1. The number of fused-ring (bicyclic) bond motifs is 1. The van der Waals surface area contributed by atoms with Gasteiger partial charge >= 0.3 is 6.18 Å². The molecule has 0 saturated heterocycles. The molecular weight excluding hydrogens is 375 g/mol. The molecule has 0 bridgehead atoms. The van der Waals surface area contributed by atoms with Gasteiger partial charge in [-0.2, -0.15) is 18.3 Å². The van der Waals surface area contributed by atoms with Gasteiger partial charge in [0.2, 0.25) is 0 Å². The van der Waals surface area contributed by atoms with Crippen molar-refractivity contribution in [2.45, 2.75) is 11.1 Å². The summed E-state index contributed by atoms with van der Waals surface area (Å²) in [5, 5.41) is 6.81. The van der Waals surface area contributed by atoms with Gasteiger partial charge in [0.05, 0.1) is 16.9 Å². The molecule has 0 spiro atoms. The maximum atomic E-state index is 12.7. The number of nitrogens with zero attached hydrogens (tertiary/aromatic N) is 3. The number of halogens is 3. The van der Waals surface area contributed by atoms with Gasteiger partial charge in [-0.25, -0.2) is 0 Å². The van der Waals surface area contributed by atoms with Crippen LogP contribution in [0.2, 0.25) is 0 Å². The number of alkyl halides is 3. The molecule has 4 aromatic rings. The number of nitrogens with one attached hydrogen (secondary N) is 2. The largest absolute Gasteiger partial charge is 0.432 e. The minimum atomic E-state index is -4.46. The average Bonchev–Trinajstić information content (AvgIpc) is 3.28. The van der Waals surface area contributed by atoms with Crippen LogP contribution in [0.1, 0.15) is 5.69 Å². The van der Waals surface area contributed by atoms with Gasteiger partial charge in [-0.05, 0) is 42.3 Å². The van der Waals surface area contributed by atoms with Gasteiger partial charge in [0.25, 0.3) is 0 Å². The number of anilines is 1. The van der Waals surface area contributed by atoms with Crippen molar-refractivity contribution in [1.82, 2.24) is 19.7 Å².